The van der Waals surface area contributed by atoms with Gasteiger partial charge in [0, 0.05) is 18.0 Å². The quantitative estimate of drug-likeness (QED) is 0.697. The van der Waals surface area contributed by atoms with Gasteiger partial charge in [-0.05, 0) is 29.8 Å². The van der Waals surface area contributed by atoms with Crippen LogP contribution in [0.25, 0.3) is 11.1 Å². The Labute approximate surface area is 86.2 Å². The molecule has 2 rings (SSSR count). The Morgan fingerprint density at radius 1 is 1.07 bits per heavy atom. The SMILES string of the molecule is Fc1cccc(Cl)c1-c1ccncc1. The average molecular weight is 208 g/mol. The Bertz CT molecular complexity index is 422. The summed E-state index contributed by atoms with van der Waals surface area (Å²) >= 11 is 5.90. The summed E-state index contributed by atoms with van der Waals surface area (Å²) in [5.41, 5.74) is 1.17. The third kappa shape index (κ3) is 1.61. The van der Waals surface area contributed by atoms with Gasteiger partial charge < -0.3 is 0 Å². The van der Waals surface area contributed by atoms with E-state index in [4.69, 9.17) is 11.6 Å². The number of hydrogen-bond acceptors (Lipinski definition) is 1. The van der Waals surface area contributed by atoms with Gasteiger partial charge in [-0.2, -0.15) is 0 Å². The first-order valence-corrected chi connectivity index (χ1v) is 4.51. The molecule has 0 unspecified atom stereocenters. The van der Waals surface area contributed by atoms with Crippen LogP contribution in [0.3, 0.4) is 0 Å². The lowest BCUT2D eigenvalue weighted by molar-refractivity contribution is 0.631. The highest BCUT2D eigenvalue weighted by Crippen LogP contribution is 2.29. The maximum atomic E-state index is 13.4. The first-order valence-electron chi connectivity index (χ1n) is 4.13. The van der Waals surface area contributed by atoms with Crippen LogP contribution in [0.4, 0.5) is 4.39 Å². The molecule has 0 fully saturated rings. The molecule has 14 heavy (non-hydrogen) atoms. The van der Waals surface area contributed by atoms with E-state index in [0.717, 1.165) is 5.56 Å². The molecule has 0 aliphatic heterocycles. The zero-order chi connectivity index (χ0) is 9.97. The molecule has 0 saturated heterocycles. The number of benzene rings is 1. The topological polar surface area (TPSA) is 12.9 Å². The van der Waals surface area contributed by atoms with E-state index >= 15 is 0 Å². The molecule has 70 valence electrons. The zero-order valence-electron chi connectivity index (χ0n) is 7.24. The molecule has 0 radical (unpaired) electrons. The van der Waals surface area contributed by atoms with Crippen molar-refractivity contribution in [2.75, 3.05) is 0 Å². The van der Waals surface area contributed by atoms with Crippen LogP contribution in [0.5, 0.6) is 0 Å². The summed E-state index contributed by atoms with van der Waals surface area (Å²) in [5.74, 6) is -0.316. The third-order valence-electron chi connectivity index (χ3n) is 1.93. The van der Waals surface area contributed by atoms with E-state index in [2.05, 4.69) is 4.98 Å². The molecule has 1 heterocycles. The maximum absolute atomic E-state index is 13.4. The van der Waals surface area contributed by atoms with Crippen molar-refractivity contribution in [3.8, 4) is 11.1 Å². The number of rotatable bonds is 1. The van der Waals surface area contributed by atoms with E-state index in [1.807, 2.05) is 0 Å². The maximum Gasteiger partial charge on any atom is 0.132 e. The summed E-state index contributed by atoms with van der Waals surface area (Å²) in [6.45, 7) is 0. The van der Waals surface area contributed by atoms with E-state index in [1.54, 1.807) is 36.7 Å². The van der Waals surface area contributed by atoms with Gasteiger partial charge in [0.25, 0.3) is 0 Å². The van der Waals surface area contributed by atoms with Gasteiger partial charge in [-0.1, -0.05) is 17.7 Å². The molecular formula is C11H7ClFN. The van der Waals surface area contributed by atoms with E-state index in [0.29, 0.717) is 10.6 Å². The van der Waals surface area contributed by atoms with Crippen LogP contribution in [-0.4, -0.2) is 4.98 Å². The first kappa shape index (κ1) is 9.16. The van der Waals surface area contributed by atoms with Gasteiger partial charge in [-0.15, -0.1) is 0 Å². The van der Waals surface area contributed by atoms with E-state index in [1.165, 1.54) is 6.07 Å². The molecule has 0 N–H and O–H groups in total. The fraction of sp³-hybridized carbons (Fsp3) is 0. The molecule has 1 nitrogen and oxygen atoms in total. The van der Waals surface area contributed by atoms with Crippen molar-refractivity contribution < 1.29 is 4.39 Å². The van der Waals surface area contributed by atoms with Gasteiger partial charge in [-0.25, -0.2) is 4.39 Å². The van der Waals surface area contributed by atoms with Crippen LogP contribution < -0.4 is 0 Å². The summed E-state index contributed by atoms with van der Waals surface area (Å²) in [7, 11) is 0. The molecule has 1 aromatic heterocycles. The van der Waals surface area contributed by atoms with Crippen molar-refractivity contribution in [3.63, 3.8) is 0 Å². The fourth-order valence-electron chi connectivity index (χ4n) is 1.29. The first-order chi connectivity index (χ1) is 6.79. The van der Waals surface area contributed by atoms with Crippen LogP contribution in [0.2, 0.25) is 5.02 Å². The van der Waals surface area contributed by atoms with Gasteiger partial charge in [0.15, 0.2) is 0 Å². The van der Waals surface area contributed by atoms with Crippen LogP contribution in [0.15, 0.2) is 42.7 Å². The van der Waals surface area contributed by atoms with E-state index in [-0.39, 0.29) is 5.82 Å². The van der Waals surface area contributed by atoms with Crippen molar-refractivity contribution in [2.45, 2.75) is 0 Å². The van der Waals surface area contributed by atoms with Crippen molar-refractivity contribution in [1.29, 1.82) is 0 Å². The molecular weight excluding hydrogens is 201 g/mol. The minimum absolute atomic E-state index is 0.316. The molecule has 2 aromatic rings. The average Bonchev–Trinajstić information content (AvgIpc) is 2.19. The third-order valence-corrected chi connectivity index (χ3v) is 2.25. The van der Waals surface area contributed by atoms with Crippen LogP contribution in [-0.2, 0) is 0 Å². The predicted molar refractivity (Wildman–Crippen MR) is 54.6 cm³/mol. The lowest BCUT2D eigenvalue weighted by Gasteiger charge is -2.04. The fourth-order valence-corrected chi connectivity index (χ4v) is 1.56. The van der Waals surface area contributed by atoms with Crippen molar-refractivity contribution in [3.05, 3.63) is 53.6 Å². The Morgan fingerprint density at radius 2 is 1.79 bits per heavy atom. The monoisotopic (exact) mass is 207 g/mol. The van der Waals surface area contributed by atoms with Gasteiger partial charge in [0.2, 0.25) is 0 Å². The molecule has 0 aliphatic carbocycles. The highest BCUT2D eigenvalue weighted by molar-refractivity contribution is 6.33. The highest BCUT2D eigenvalue weighted by atomic mass is 35.5. The Morgan fingerprint density at radius 3 is 2.43 bits per heavy atom. The second-order valence-corrected chi connectivity index (χ2v) is 3.24. The molecule has 0 aliphatic rings. The normalized spacial score (nSPS) is 10.1. The van der Waals surface area contributed by atoms with E-state index < -0.39 is 0 Å². The van der Waals surface area contributed by atoms with Gasteiger partial charge in [0.1, 0.15) is 5.82 Å². The second kappa shape index (κ2) is 3.76. The van der Waals surface area contributed by atoms with Gasteiger partial charge in [-0.3, -0.25) is 4.98 Å². The Balaban J connectivity index is 2.63. The largest absolute Gasteiger partial charge is 0.265 e. The molecule has 0 saturated carbocycles. The van der Waals surface area contributed by atoms with Crippen molar-refractivity contribution in [1.82, 2.24) is 4.98 Å². The number of pyridine rings is 1. The minimum Gasteiger partial charge on any atom is -0.265 e. The lowest BCUT2D eigenvalue weighted by atomic mass is 10.1. The number of hydrogen-bond donors (Lipinski definition) is 0. The Kier molecular flexibility index (Phi) is 2.46. The molecule has 1 aromatic carbocycles. The van der Waals surface area contributed by atoms with Crippen LogP contribution >= 0.6 is 11.6 Å². The predicted octanol–water partition coefficient (Wildman–Crippen LogP) is 3.54. The summed E-state index contributed by atoms with van der Waals surface area (Å²) in [4.78, 5) is 3.86. The van der Waals surface area contributed by atoms with Crippen molar-refractivity contribution >= 4 is 11.6 Å². The standard InChI is InChI=1S/C11H7ClFN/c12-9-2-1-3-10(13)11(9)8-4-6-14-7-5-8/h1-7H. The zero-order valence-corrected chi connectivity index (χ0v) is 8.00. The van der Waals surface area contributed by atoms with Crippen LogP contribution in [0, 0.1) is 5.82 Å². The van der Waals surface area contributed by atoms with E-state index in [9.17, 15) is 4.39 Å². The molecule has 3 heteroatoms. The summed E-state index contributed by atoms with van der Waals surface area (Å²) < 4.78 is 13.4. The molecule has 0 spiro atoms. The highest BCUT2D eigenvalue weighted by Gasteiger charge is 2.08. The Hall–Kier alpha value is -1.41. The van der Waals surface area contributed by atoms with Crippen molar-refractivity contribution in [2.24, 2.45) is 0 Å². The molecule has 0 bridgehead atoms. The molecule has 0 amide bonds. The molecule has 0 atom stereocenters. The van der Waals surface area contributed by atoms with Gasteiger partial charge in [0.05, 0.1) is 5.02 Å². The van der Waals surface area contributed by atoms with Gasteiger partial charge >= 0.3 is 0 Å². The summed E-state index contributed by atoms with van der Waals surface area (Å²) in [6, 6.07) is 8.10. The number of halogens is 2. The number of aromatic nitrogens is 1. The summed E-state index contributed by atoms with van der Waals surface area (Å²) in [5, 5.41) is 0.413. The lowest BCUT2D eigenvalue weighted by Crippen LogP contribution is -1.85. The smallest absolute Gasteiger partial charge is 0.132 e. The minimum atomic E-state index is -0.316. The second-order valence-electron chi connectivity index (χ2n) is 2.83. The summed E-state index contributed by atoms with van der Waals surface area (Å²) in [6.07, 6.45) is 3.22. The number of nitrogens with zero attached hydrogens (tertiary/aromatic N) is 1. The van der Waals surface area contributed by atoms with Crippen LogP contribution in [0.1, 0.15) is 0 Å².